The number of hydrogen-bond acceptors (Lipinski definition) is 4. The Kier molecular flexibility index (Phi) is 8.66. The van der Waals surface area contributed by atoms with E-state index < -0.39 is 15.8 Å². The zero-order valence-electron chi connectivity index (χ0n) is 23.5. The van der Waals surface area contributed by atoms with Gasteiger partial charge in [0.15, 0.2) is 0 Å². The molecule has 0 spiro atoms. The third kappa shape index (κ3) is 5.57. The minimum Gasteiger partial charge on any atom is -0.481 e. The Morgan fingerprint density at radius 1 is 0.405 bits per heavy atom. The molecule has 206 valence electrons. The highest BCUT2D eigenvalue weighted by Gasteiger charge is 2.30. The van der Waals surface area contributed by atoms with E-state index >= 15 is 0 Å². The quantitative estimate of drug-likeness (QED) is 0.205. The summed E-state index contributed by atoms with van der Waals surface area (Å²) >= 11 is 0. The summed E-state index contributed by atoms with van der Waals surface area (Å²) in [5, 5.41) is 7.24. The van der Waals surface area contributed by atoms with E-state index in [2.05, 4.69) is 133 Å². The van der Waals surface area contributed by atoms with E-state index in [1.807, 2.05) is 12.4 Å². The number of hydrogen-bond donors (Lipinski definition) is 0. The molecule has 42 heavy (non-hydrogen) atoms. The van der Waals surface area contributed by atoms with E-state index in [1.165, 1.54) is 21.2 Å². The summed E-state index contributed by atoms with van der Waals surface area (Å²) in [7, 11) is 1.43. The summed E-state index contributed by atoms with van der Waals surface area (Å²) in [6, 6.07) is 47.0. The first-order valence-electron chi connectivity index (χ1n) is 13.7. The second-order valence-corrected chi connectivity index (χ2v) is 13.8. The van der Waals surface area contributed by atoms with Crippen molar-refractivity contribution in [2.45, 2.75) is 0 Å². The first-order chi connectivity index (χ1) is 20.8. The topological polar surface area (TPSA) is 44.2 Å². The van der Waals surface area contributed by atoms with Gasteiger partial charge in [-0.2, -0.15) is 0 Å². The molecule has 0 aliphatic heterocycles. The predicted octanol–water partition coefficient (Wildman–Crippen LogP) is 5.68. The molecule has 0 bridgehead atoms. The first-order valence-corrected chi connectivity index (χ1v) is 16.4. The van der Waals surface area contributed by atoms with Gasteiger partial charge in [0, 0.05) is 12.4 Å². The van der Waals surface area contributed by atoms with Gasteiger partial charge in [-0.3, -0.25) is 0 Å². The lowest BCUT2D eigenvalue weighted by Crippen LogP contribution is -2.27. The zero-order valence-corrected chi connectivity index (χ0v) is 25.3. The van der Waals surface area contributed by atoms with E-state index in [-0.39, 0.29) is 0 Å². The average Bonchev–Trinajstić information content (AvgIpc) is 3.07. The van der Waals surface area contributed by atoms with Crippen LogP contribution in [0.1, 0.15) is 0 Å². The lowest BCUT2D eigenvalue weighted by atomic mass is 10.1. The third-order valence-corrected chi connectivity index (χ3v) is 11.9. The monoisotopic (exact) mass is 584 g/mol. The average molecular weight is 585 g/mol. The van der Waals surface area contributed by atoms with Gasteiger partial charge in [0.1, 0.15) is 0 Å². The van der Waals surface area contributed by atoms with Gasteiger partial charge in [-0.05, 0) is 59.8 Å². The van der Waals surface area contributed by atoms with Crippen LogP contribution in [0.3, 0.4) is 0 Å². The van der Waals surface area contributed by atoms with Crippen molar-refractivity contribution < 1.29 is 9.47 Å². The number of ether oxygens (including phenoxy) is 2. The van der Waals surface area contributed by atoms with Crippen molar-refractivity contribution in [3.05, 3.63) is 146 Å². The minimum absolute atomic E-state index is 0.551. The van der Waals surface area contributed by atoms with Crippen LogP contribution < -0.4 is 41.3 Å². The minimum atomic E-state index is -0.966. The molecule has 6 rings (SSSR count). The molecular weight excluding hydrogens is 554 g/mol. The summed E-state index contributed by atoms with van der Waals surface area (Å²) in [4.78, 5) is 9.47. The van der Waals surface area contributed by atoms with Gasteiger partial charge in [0.2, 0.25) is 11.8 Å². The van der Waals surface area contributed by atoms with Crippen molar-refractivity contribution in [1.82, 2.24) is 9.97 Å². The standard InChI is InChI=1S/C36H30N2O2P2/c1-39-35-33(31(23-25-37-35)41(27-15-7-3-8-16-27)28-17-9-4-10-18-28)34-32(24-26-38-36(34)40-2)42(29-19-11-5-12-20-29)30-21-13-6-14-22-30/h3-26H,1-2H3. The molecule has 0 radical (unpaired) electrons. The van der Waals surface area contributed by atoms with E-state index in [0.717, 1.165) is 21.7 Å². The van der Waals surface area contributed by atoms with Crippen LogP contribution in [0, 0.1) is 0 Å². The summed E-state index contributed by atoms with van der Waals surface area (Å²) < 4.78 is 12.1. The normalized spacial score (nSPS) is 11.0. The van der Waals surface area contributed by atoms with Crippen LogP contribution in [0.15, 0.2) is 146 Å². The molecule has 0 saturated heterocycles. The van der Waals surface area contributed by atoms with Gasteiger partial charge in [-0.15, -0.1) is 0 Å². The van der Waals surface area contributed by atoms with Crippen molar-refractivity contribution in [1.29, 1.82) is 0 Å². The Labute approximate surface area is 249 Å². The van der Waals surface area contributed by atoms with Gasteiger partial charge in [0.25, 0.3) is 0 Å². The summed E-state index contributed by atoms with van der Waals surface area (Å²) in [5.74, 6) is 1.10. The van der Waals surface area contributed by atoms with Gasteiger partial charge in [-0.25, -0.2) is 9.97 Å². The lowest BCUT2D eigenvalue weighted by molar-refractivity contribution is 0.393. The third-order valence-electron chi connectivity index (χ3n) is 6.96. The van der Waals surface area contributed by atoms with E-state index in [0.29, 0.717) is 11.8 Å². The van der Waals surface area contributed by atoms with Crippen LogP contribution in [-0.2, 0) is 0 Å². The van der Waals surface area contributed by atoms with Crippen LogP contribution in [0.25, 0.3) is 11.1 Å². The van der Waals surface area contributed by atoms with E-state index in [9.17, 15) is 0 Å². The first kappa shape index (κ1) is 27.8. The SMILES string of the molecule is COc1nccc(P(c2ccccc2)c2ccccc2)c1-c1c(P(c2ccccc2)c2ccccc2)ccnc1OC. The fourth-order valence-corrected chi connectivity index (χ4v) is 10.1. The van der Waals surface area contributed by atoms with Crippen molar-refractivity contribution in [3.63, 3.8) is 0 Å². The Morgan fingerprint density at radius 3 is 0.952 bits per heavy atom. The van der Waals surface area contributed by atoms with Crippen molar-refractivity contribution in [2.24, 2.45) is 0 Å². The highest BCUT2D eigenvalue weighted by molar-refractivity contribution is 7.80. The maximum atomic E-state index is 6.03. The fraction of sp³-hybridized carbons (Fsp3) is 0.0556. The van der Waals surface area contributed by atoms with Crippen molar-refractivity contribution >= 4 is 47.7 Å². The molecule has 0 amide bonds. The maximum Gasteiger partial charge on any atom is 0.221 e. The Bertz CT molecular complexity index is 1540. The molecule has 0 aliphatic rings. The number of nitrogens with zero attached hydrogens (tertiary/aromatic N) is 2. The molecule has 4 aromatic carbocycles. The van der Waals surface area contributed by atoms with Crippen LogP contribution in [0.5, 0.6) is 11.8 Å². The number of methoxy groups -OCH3 is 2. The largest absolute Gasteiger partial charge is 0.481 e. The molecule has 0 saturated carbocycles. The number of pyridine rings is 2. The van der Waals surface area contributed by atoms with Crippen molar-refractivity contribution in [3.8, 4) is 22.9 Å². The molecule has 0 atom stereocenters. The van der Waals surface area contributed by atoms with Gasteiger partial charge >= 0.3 is 0 Å². The van der Waals surface area contributed by atoms with Crippen LogP contribution in [0.4, 0.5) is 0 Å². The summed E-state index contributed by atoms with van der Waals surface area (Å²) in [5.41, 5.74) is 1.83. The molecule has 4 nitrogen and oxygen atoms in total. The van der Waals surface area contributed by atoms with E-state index in [1.54, 1.807) is 14.2 Å². The molecular formula is C36H30N2O2P2. The second-order valence-electron chi connectivity index (χ2n) is 9.44. The number of aromatic nitrogens is 2. The Hall–Kier alpha value is -4.36. The molecule has 2 aromatic heterocycles. The van der Waals surface area contributed by atoms with Crippen LogP contribution in [-0.4, -0.2) is 24.2 Å². The second kappa shape index (κ2) is 13.1. The van der Waals surface area contributed by atoms with Gasteiger partial charge in [-0.1, -0.05) is 121 Å². The number of rotatable bonds is 9. The molecule has 0 unspecified atom stereocenters. The lowest BCUT2D eigenvalue weighted by Gasteiger charge is -2.27. The Morgan fingerprint density at radius 2 is 0.690 bits per heavy atom. The smallest absolute Gasteiger partial charge is 0.221 e. The van der Waals surface area contributed by atoms with E-state index in [4.69, 9.17) is 19.4 Å². The highest BCUT2D eigenvalue weighted by Crippen LogP contribution is 2.45. The zero-order chi connectivity index (χ0) is 28.7. The van der Waals surface area contributed by atoms with Gasteiger partial charge < -0.3 is 9.47 Å². The highest BCUT2D eigenvalue weighted by atomic mass is 31.1. The maximum absolute atomic E-state index is 6.03. The molecule has 6 aromatic rings. The van der Waals surface area contributed by atoms with Crippen molar-refractivity contribution in [2.75, 3.05) is 14.2 Å². The summed E-state index contributed by atoms with van der Waals surface area (Å²) in [6.07, 6.45) is 3.69. The molecule has 2 heterocycles. The number of benzene rings is 4. The fourth-order valence-electron chi connectivity index (χ4n) is 5.18. The summed E-state index contributed by atoms with van der Waals surface area (Å²) in [6.45, 7) is 0. The van der Waals surface area contributed by atoms with Crippen LogP contribution >= 0.6 is 15.8 Å². The molecule has 6 heteroatoms. The predicted molar refractivity (Wildman–Crippen MR) is 178 cm³/mol. The Balaban J connectivity index is 1.69. The molecule has 0 aliphatic carbocycles. The van der Waals surface area contributed by atoms with Crippen LogP contribution in [0.2, 0.25) is 0 Å². The van der Waals surface area contributed by atoms with Gasteiger partial charge in [0.05, 0.1) is 25.3 Å². The molecule has 0 N–H and O–H groups in total. The molecule has 0 fully saturated rings.